The molecule has 330 valence electrons. The van der Waals surface area contributed by atoms with E-state index in [2.05, 4.69) is 10.2 Å². The van der Waals surface area contributed by atoms with Crippen LogP contribution in [0.25, 0.3) is 22.5 Å². The monoisotopic (exact) mass is 930 g/mol. The zero-order valence-electron chi connectivity index (χ0n) is 38.5. The molecule has 0 unspecified atom stereocenters. The van der Waals surface area contributed by atoms with Gasteiger partial charge in [-0.15, -0.1) is 20.5 Å². The fraction of sp³-hybridized carbons (Fsp3) is 0.296. The van der Waals surface area contributed by atoms with Crippen molar-refractivity contribution in [3.05, 3.63) is 174 Å². The van der Waals surface area contributed by atoms with Gasteiger partial charge in [-0.2, -0.15) is 0 Å². The lowest BCUT2D eigenvalue weighted by molar-refractivity contribution is -0.114. The third-order valence-corrected chi connectivity index (χ3v) is 12.2. The normalized spacial score (nSPS) is 15.4. The second-order valence-electron chi connectivity index (χ2n) is 20.2. The van der Waals surface area contributed by atoms with Gasteiger partial charge in [-0.25, -0.2) is 0 Å². The van der Waals surface area contributed by atoms with Crippen molar-refractivity contribution in [3.63, 3.8) is 0 Å². The molecule has 2 aliphatic carbocycles. The maximum Gasteiger partial charge on any atom is 0.186 e. The standard InChI is InChI=1S/C54H54Cl4N4O2/c1-51(2,3)37-23-33(24-38(49(37)63)52(4,5)6)47(31-19-15-13-16-20-31)61-59-45-29-41(55)35(27-43(45)57)36-28-44(58)46(30-42(36)56)60-62-48(32-21-17-14-18-22-32)34-25-39(53(7,8)9)50(64)40(26-34)54(10,11)12/h13-30H,1-12H3/b61-59+,62-60+. The van der Waals surface area contributed by atoms with Crippen molar-refractivity contribution >= 4 is 80.7 Å². The molecule has 0 fully saturated rings. The maximum atomic E-state index is 13.8. The minimum atomic E-state index is -0.410. The number of ketones is 2. The molecular weight excluding hydrogens is 878 g/mol. The van der Waals surface area contributed by atoms with E-state index in [4.69, 9.17) is 56.6 Å². The van der Waals surface area contributed by atoms with E-state index in [1.807, 2.05) is 168 Å². The zero-order chi connectivity index (χ0) is 47.1. The molecule has 0 saturated carbocycles. The summed E-state index contributed by atoms with van der Waals surface area (Å²) in [7, 11) is 0. The lowest BCUT2D eigenvalue weighted by atomic mass is 9.71. The number of carbonyl (C=O) groups is 2. The van der Waals surface area contributed by atoms with E-state index in [1.165, 1.54) is 0 Å². The molecule has 0 aromatic heterocycles. The molecule has 0 spiro atoms. The summed E-state index contributed by atoms with van der Waals surface area (Å²) in [5, 5.41) is 20.0. The van der Waals surface area contributed by atoms with Crippen LogP contribution in [0.2, 0.25) is 20.1 Å². The Morgan fingerprint density at radius 2 is 0.688 bits per heavy atom. The summed E-state index contributed by atoms with van der Waals surface area (Å²) in [5.41, 5.74) is 7.19. The van der Waals surface area contributed by atoms with Crippen LogP contribution < -0.4 is 0 Å². The molecule has 64 heavy (non-hydrogen) atoms. The van der Waals surface area contributed by atoms with Crippen molar-refractivity contribution in [2.75, 3.05) is 0 Å². The summed E-state index contributed by atoms with van der Waals surface area (Å²) in [6.07, 6.45) is 7.68. The molecule has 6 nitrogen and oxygen atoms in total. The number of azo groups is 2. The van der Waals surface area contributed by atoms with Gasteiger partial charge >= 0.3 is 0 Å². The van der Waals surface area contributed by atoms with Crippen LogP contribution in [0.4, 0.5) is 11.4 Å². The smallest absolute Gasteiger partial charge is 0.186 e. The maximum absolute atomic E-state index is 13.8. The lowest BCUT2D eigenvalue weighted by Gasteiger charge is -2.31. The number of rotatable bonds is 7. The van der Waals surface area contributed by atoms with E-state index in [9.17, 15) is 9.59 Å². The number of halogens is 4. The van der Waals surface area contributed by atoms with Gasteiger partial charge in [-0.1, -0.05) is 190 Å². The minimum absolute atomic E-state index is 0.0279. The number of hydrogen-bond acceptors (Lipinski definition) is 6. The van der Waals surface area contributed by atoms with Crippen molar-refractivity contribution in [2.45, 2.75) is 83.1 Å². The van der Waals surface area contributed by atoms with E-state index in [1.54, 1.807) is 24.3 Å². The number of benzene rings is 4. The highest BCUT2D eigenvalue weighted by Crippen LogP contribution is 2.46. The molecule has 10 heteroatoms. The predicted molar refractivity (Wildman–Crippen MR) is 268 cm³/mol. The first-order valence-electron chi connectivity index (χ1n) is 21.1. The van der Waals surface area contributed by atoms with Crippen LogP contribution in [0.15, 0.2) is 163 Å². The lowest BCUT2D eigenvalue weighted by Crippen LogP contribution is -2.28. The second-order valence-corrected chi connectivity index (χ2v) is 21.8. The van der Waals surface area contributed by atoms with Crippen molar-refractivity contribution < 1.29 is 9.59 Å². The Morgan fingerprint density at radius 3 is 0.953 bits per heavy atom. The van der Waals surface area contributed by atoms with E-state index in [0.29, 0.717) is 66.2 Å². The van der Waals surface area contributed by atoms with Gasteiger partial charge in [-0.3, -0.25) is 9.59 Å². The second kappa shape index (κ2) is 18.5. The average Bonchev–Trinajstić information content (AvgIpc) is 3.20. The molecule has 4 aromatic carbocycles. The fourth-order valence-corrected chi connectivity index (χ4v) is 8.28. The highest BCUT2D eigenvalue weighted by Gasteiger charge is 2.36. The first-order chi connectivity index (χ1) is 29.8. The van der Waals surface area contributed by atoms with Crippen LogP contribution in [0.1, 0.15) is 94.2 Å². The molecular formula is C54H54Cl4N4O2. The highest BCUT2D eigenvalue weighted by molar-refractivity contribution is 6.40. The van der Waals surface area contributed by atoms with Crippen molar-refractivity contribution in [1.82, 2.24) is 0 Å². The third-order valence-electron chi connectivity index (χ3n) is 10.9. The Labute approximate surface area is 398 Å². The Morgan fingerprint density at radius 1 is 0.406 bits per heavy atom. The molecule has 0 N–H and O–H groups in total. The molecule has 0 aliphatic heterocycles. The predicted octanol–water partition coefficient (Wildman–Crippen LogP) is 18.0. The Kier molecular flexibility index (Phi) is 14.0. The first-order valence-corrected chi connectivity index (χ1v) is 22.7. The fourth-order valence-electron chi connectivity index (χ4n) is 7.36. The zero-order valence-corrected chi connectivity index (χ0v) is 41.5. The summed E-state index contributed by atoms with van der Waals surface area (Å²) < 4.78 is 0. The highest BCUT2D eigenvalue weighted by atomic mass is 35.5. The van der Waals surface area contributed by atoms with Crippen molar-refractivity contribution in [1.29, 1.82) is 0 Å². The van der Waals surface area contributed by atoms with Crippen LogP contribution >= 0.6 is 46.4 Å². The Hall–Kier alpha value is -4.98. The van der Waals surface area contributed by atoms with Gasteiger partial charge in [0.15, 0.2) is 11.6 Å². The molecule has 0 atom stereocenters. The summed E-state index contributed by atoms with van der Waals surface area (Å²) >= 11 is 27.8. The van der Waals surface area contributed by atoms with Crippen molar-refractivity contribution in [3.8, 4) is 11.1 Å². The molecule has 0 radical (unpaired) electrons. The molecule has 0 bridgehead atoms. The molecule has 4 aromatic rings. The summed E-state index contributed by atoms with van der Waals surface area (Å²) in [6, 6.07) is 26.1. The number of carbonyl (C=O) groups excluding carboxylic acids is 2. The summed E-state index contributed by atoms with van der Waals surface area (Å²) in [6.45, 7) is 24.4. The van der Waals surface area contributed by atoms with Gasteiger partial charge in [0.25, 0.3) is 0 Å². The van der Waals surface area contributed by atoms with E-state index in [0.717, 1.165) is 22.3 Å². The molecule has 0 amide bonds. The summed E-state index contributed by atoms with van der Waals surface area (Å²) in [5.74, 6) is 0.0557. The number of nitrogens with zero attached hydrogens (tertiary/aromatic N) is 4. The van der Waals surface area contributed by atoms with Gasteiger partial charge in [0, 0.05) is 55.7 Å². The van der Waals surface area contributed by atoms with Crippen LogP contribution in [-0.2, 0) is 9.59 Å². The van der Waals surface area contributed by atoms with Gasteiger partial charge in [0.05, 0.1) is 20.1 Å². The van der Waals surface area contributed by atoms with Gasteiger partial charge in [-0.05, 0) is 70.2 Å². The van der Waals surface area contributed by atoms with Crippen LogP contribution in [0, 0.1) is 21.7 Å². The topological polar surface area (TPSA) is 83.6 Å². The third kappa shape index (κ3) is 10.7. The number of Topliss-reactive ketones (excluding diaryl/α,β-unsaturated/α-hetero) is 2. The largest absolute Gasteiger partial charge is 0.289 e. The number of allylic oxidation sites excluding steroid dienone is 10. The van der Waals surface area contributed by atoms with Gasteiger partial charge in [0.1, 0.15) is 22.8 Å². The van der Waals surface area contributed by atoms with E-state index >= 15 is 0 Å². The van der Waals surface area contributed by atoms with Gasteiger partial charge in [0.2, 0.25) is 0 Å². The first kappa shape index (κ1) is 48.5. The number of hydrogen-bond donors (Lipinski definition) is 0. The molecule has 0 saturated heterocycles. The minimum Gasteiger partial charge on any atom is -0.289 e. The molecule has 6 rings (SSSR count). The molecule has 0 heterocycles. The quantitative estimate of drug-likeness (QED) is 0.173. The molecule has 2 aliphatic rings. The van der Waals surface area contributed by atoms with Crippen molar-refractivity contribution in [2.24, 2.45) is 42.1 Å². The van der Waals surface area contributed by atoms with Crippen LogP contribution in [0.3, 0.4) is 0 Å². The Balaban J connectivity index is 1.41. The van der Waals surface area contributed by atoms with E-state index < -0.39 is 21.7 Å². The van der Waals surface area contributed by atoms with E-state index in [-0.39, 0.29) is 21.6 Å². The SMILES string of the molecule is CC(C)(C)C1=CC(=C(/N=N/c2cc(Cl)c(-c3cc(Cl)c(/N=N/C(=C4C=C(C(C)(C)C)C(=O)C(C(C)(C)C)=C4)c4ccccc4)cc3Cl)cc2Cl)c2ccccc2)C=C(C(C)(C)C)C1=O. The van der Waals surface area contributed by atoms with Crippen LogP contribution in [-0.4, -0.2) is 11.6 Å². The average molecular weight is 933 g/mol. The Bertz CT molecular complexity index is 2530. The summed E-state index contributed by atoms with van der Waals surface area (Å²) in [4.78, 5) is 27.5. The van der Waals surface area contributed by atoms with Crippen LogP contribution in [0.5, 0.6) is 0 Å². The van der Waals surface area contributed by atoms with Gasteiger partial charge < -0.3 is 0 Å².